The van der Waals surface area contributed by atoms with Crippen LogP contribution in [0.5, 0.6) is 0 Å². The van der Waals surface area contributed by atoms with Crippen LogP contribution in [0, 0.1) is 18.8 Å². The standard InChI is InChI=1S/C21H28N6O2S/c1-11(2)20(4,5)17-23-8-6-14(25-17)15-12(3)24-18(30-15)26-19(29)27-9-7-13-10-21(13,27)16(22)28/h6,8,11,13H,7,9-10H2,1-5H3,(H2,22,28)(H,24,26,29)/t13-,21+/m1/s1. The summed E-state index contributed by atoms with van der Waals surface area (Å²) in [5.41, 5.74) is 6.20. The molecule has 1 saturated carbocycles. The number of amides is 3. The van der Waals surface area contributed by atoms with E-state index in [1.54, 1.807) is 11.1 Å². The van der Waals surface area contributed by atoms with Gasteiger partial charge in [0.25, 0.3) is 0 Å². The van der Waals surface area contributed by atoms with E-state index in [2.05, 4.69) is 43.0 Å². The van der Waals surface area contributed by atoms with Crippen LogP contribution in [0.15, 0.2) is 12.3 Å². The Hall–Kier alpha value is -2.55. The van der Waals surface area contributed by atoms with Crippen molar-refractivity contribution in [3.05, 3.63) is 23.8 Å². The number of nitrogens with two attached hydrogens (primary N) is 1. The summed E-state index contributed by atoms with van der Waals surface area (Å²) in [5.74, 6) is 0.943. The summed E-state index contributed by atoms with van der Waals surface area (Å²) in [6, 6.07) is 1.54. The first kappa shape index (κ1) is 20.7. The molecule has 1 saturated heterocycles. The number of urea groups is 1. The minimum Gasteiger partial charge on any atom is -0.368 e. The molecular weight excluding hydrogens is 400 g/mol. The lowest BCUT2D eigenvalue weighted by Gasteiger charge is -2.27. The first-order valence-corrected chi connectivity index (χ1v) is 11.1. The molecule has 4 rings (SSSR count). The van der Waals surface area contributed by atoms with Gasteiger partial charge in [0.15, 0.2) is 5.13 Å². The Morgan fingerprint density at radius 1 is 1.37 bits per heavy atom. The van der Waals surface area contributed by atoms with E-state index in [0.717, 1.165) is 28.5 Å². The molecule has 0 radical (unpaired) electrons. The second kappa shape index (κ2) is 7.01. The predicted molar refractivity (Wildman–Crippen MR) is 116 cm³/mol. The third-order valence-electron chi connectivity index (χ3n) is 6.85. The number of thiazole rings is 1. The molecule has 2 atom stereocenters. The summed E-state index contributed by atoms with van der Waals surface area (Å²) in [4.78, 5) is 41.0. The highest BCUT2D eigenvalue weighted by molar-refractivity contribution is 7.19. The lowest BCUT2D eigenvalue weighted by Crippen LogP contribution is -2.50. The van der Waals surface area contributed by atoms with Gasteiger partial charge in [0.2, 0.25) is 5.91 Å². The van der Waals surface area contributed by atoms with Gasteiger partial charge in [-0.1, -0.05) is 39.0 Å². The van der Waals surface area contributed by atoms with E-state index >= 15 is 0 Å². The van der Waals surface area contributed by atoms with Crippen molar-refractivity contribution in [2.75, 3.05) is 11.9 Å². The van der Waals surface area contributed by atoms with Crippen LogP contribution < -0.4 is 11.1 Å². The molecule has 0 bridgehead atoms. The molecule has 9 heteroatoms. The van der Waals surface area contributed by atoms with Crippen molar-refractivity contribution in [3.63, 3.8) is 0 Å². The highest BCUT2D eigenvalue weighted by atomic mass is 32.1. The highest BCUT2D eigenvalue weighted by Gasteiger charge is 2.67. The number of rotatable bonds is 5. The van der Waals surface area contributed by atoms with Crippen LogP contribution >= 0.6 is 11.3 Å². The monoisotopic (exact) mass is 428 g/mol. The zero-order valence-electron chi connectivity index (χ0n) is 18.0. The van der Waals surface area contributed by atoms with Crippen molar-refractivity contribution >= 4 is 28.4 Å². The number of anilines is 1. The summed E-state index contributed by atoms with van der Waals surface area (Å²) < 4.78 is 0. The number of aromatic nitrogens is 3. The second-order valence-corrected chi connectivity index (χ2v) is 10.1. The Morgan fingerprint density at radius 3 is 2.73 bits per heavy atom. The van der Waals surface area contributed by atoms with E-state index in [1.807, 2.05) is 13.0 Å². The van der Waals surface area contributed by atoms with Gasteiger partial charge in [-0.2, -0.15) is 0 Å². The van der Waals surface area contributed by atoms with Crippen molar-refractivity contribution in [2.24, 2.45) is 17.6 Å². The summed E-state index contributed by atoms with van der Waals surface area (Å²) in [7, 11) is 0. The zero-order valence-corrected chi connectivity index (χ0v) is 18.8. The van der Waals surface area contributed by atoms with Crippen molar-refractivity contribution in [1.82, 2.24) is 19.9 Å². The molecule has 160 valence electrons. The van der Waals surface area contributed by atoms with E-state index in [-0.39, 0.29) is 17.4 Å². The average Bonchev–Trinajstić information content (AvgIpc) is 3.12. The molecule has 0 unspecified atom stereocenters. The van der Waals surface area contributed by atoms with Crippen LogP contribution in [0.1, 0.15) is 52.1 Å². The number of aryl methyl sites for hydroxylation is 1. The van der Waals surface area contributed by atoms with Crippen LogP contribution in [0.2, 0.25) is 0 Å². The molecule has 0 spiro atoms. The third-order valence-corrected chi connectivity index (χ3v) is 7.94. The topological polar surface area (TPSA) is 114 Å². The number of nitrogens with zero attached hydrogens (tertiary/aromatic N) is 4. The van der Waals surface area contributed by atoms with Crippen molar-refractivity contribution in [3.8, 4) is 10.6 Å². The SMILES string of the molecule is Cc1nc(NC(=O)N2CC[C@@H]3C[C@@]32C(N)=O)sc1-c1ccnc(C(C)(C)C(C)C)n1. The average molecular weight is 429 g/mol. The summed E-state index contributed by atoms with van der Waals surface area (Å²) in [6.07, 6.45) is 3.24. The number of primary amides is 1. The largest absolute Gasteiger partial charge is 0.368 e. The molecule has 3 N–H and O–H groups in total. The van der Waals surface area contributed by atoms with Crippen LogP contribution in [-0.4, -0.2) is 43.9 Å². The number of hydrogen-bond acceptors (Lipinski definition) is 6. The van der Waals surface area contributed by atoms with Crippen LogP contribution in [0.25, 0.3) is 10.6 Å². The molecule has 2 fully saturated rings. The highest BCUT2D eigenvalue weighted by Crippen LogP contribution is 2.55. The van der Waals surface area contributed by atoms with E-state index in [1.165, 1.54) is 11.3 Å². The van der Waals surface area contributed by atoms with Crippen LogP contribution in [0.3, 0.4) is 0 Å². The molecule has 2 aromatic rings. The number of likely N-dealkylation sites (tertiary alicyclic amines) is 1. The normalized spacial score (nSPS) is 22.9. The van der Waals surface area contributed by atoms with Gasteiger partial charge in [-0.05, 0) is 37.7 Å². The van der Waals surface area contributed by atoms with E-state index in [4.69, 9.17) is 10.7 Å². The summed E-state index contributed by atoms with van der Waals surface area (Å²) >= 11 is 1.37. The maximum Gasteiger partial charge on any atom is 0.324 e. The molecule has 3 heterocycles. The van der Waals surface area contributed by atoms with Gasteiger partial charge in [-0.25, -0.2) is 19.7 Å². The summed E-state index contributed by atoms with van der Waals surface area (Å²) in [6.45, 7) is 11.0. The Morgan fingerprint density at radius 2 is 2.10 bits per heavy atom. The Kier molecular flexibility index (Phi) is 4.84. The Labute approximate surface area is 180 Å². The Bertz CT molecular complexity index is 1020. The van der Waals surface area contributed by atoms with Gasteiger partial charge >= 0.3 is 6.03 Å². The van der Waals surface area contributed by atoms with Crippen LogP contribution in [-0.2, 0) is 10.2 Å². The van der Waals surface area contributed by atoms with E-state index in [0.29, 0.717) is 24.0 Å². The van der Waals surface area contributed by atoms with Crippen molar-refractivity contribution < 1.29 is 9.59 Å². The molecule has 3 amide bonds. The predicted octanol–water partition coefficient (Wildman–Crippen LogP) is 3.32. The number of fused-ring (bicyclic) bond motifs is 1. The fourth-order valence-electron chi connectivity index (χ4n) is 4.09. The molecule has 2 aliphatic rings. The fraction of sp³-hybridized carbons (Fsp3) is 0.571. The minimum atomic E-state index is -0.802. The van der Waals surface area contributed by atoms with Crippen LogP contribution in [0.4, 0.5) is 9.93 Å². The lowest BCUT2D eigenvalue weighted by molar-refractivity contribution is -0.123. The number of hydrogen-bond donors (Lipinski definition) is 2. The van der Waals surface area contributed by atoms with Gasteiger partial charge in [-0.3, -0.25) is 10.1 Å². The summed E-state index contributed by atoms with van der Waals surface area (Å²) in [5, 5.41) is 3.34. The molecule has 0 aromatic carbocycles. The molecule has 30 heavy (non-hydrogen) atoms. The molecular formula is C21H28N6O2S. The molecule has 2 aromatic heterocycles. The van der Waals surface area contributed by atoms with Gasteiger partial charge in [0.1, 0.15) is 11.4 Å². The Balaban J connectivity index is 1.56. The van der Waals surface area contributed by atoms with Crippen molar-refractivity contribution in [2.45, 2.75) is 58.4 Å². The van der Waals surface area contributed by atoms with Gasteiger partial charge < -0.3 is 10.6 Å². The quantitative estimate of drug-likeness (QED) is 0.758. The van der Waals surface area contributed by atoms with E-state index < -0.39 is 11.4 Å². The maximum absolute atomic E-state index is 12.8. The number of piperidine rings is 1. The molecule has 1 aliphatic carbocycles. The molecule has 1 aliphatic heterocycles. The first-order valence-electron chi connectivity index (χ1n) is 10.3. The first-order chi connectivity index (χ1) is 14.1. The smallest absolute Gasteiger partial charge is 0.324 e. The lowest BCUT2D eigenvalue weighted by atomic mass is 9.80. The fourth-order valence-corrected chi connectivity index (χ4v) is 5.02. The molecule has 8 nitrogen and oxygen atoms in total. The van der Waals surface area contributed by atoms with Gasteiger partial charge in [0.05, 0.1) is 16.3 Å². The van der Waals surface area contributed by atoms with Gasteiger partial charge in [0, 0.05) is 18.2 Å². The minimum absolute atomic E-state index is 0.161. The van der Waals surface area contributed by atoms with E-state index in [9.17, 15) is 9.59 Å². The number of nitrogens with one attached hydrogen (secondary N) is 1. The number of carbonyl (C=O) groups is 2. The van der Waals surface area contributed by atoms with Crippen molar-refractivity contribution in [1.29, 1.82) is 0 Å². The number of carbonyl (C=O) groups excluding carboxylic acids is 2. The third kappa shape index (κ3) is 3.15. The zero-order chi connectivity index (χ0) is 21.8. The maximum atomic E-state index is 12.8. The second-order valence-electron chi connectivity index (χ2n) is 9.14. The van der Waals surface area contributed by atoms with Gasteiger partial charge in [-0.15, -0.1) is 0 Å².